The molecule has 0 heterocycles. The van der Waals surface area contributed by atoms with Crippen LogP contribution in [-0.4, -0.2) is 28.2 Å². The predicted octanol–water partition coefficient (Wildman–Crippen LogP) is 2.85. The lowest BCUT2D eigenvalue weighted by Gasteiger charge is -2.57. The fraction of sp³-hybridized carbons (Fsp3) is 0.842. The number of aliphatic hydroxyl groups is 2. The van der Waals surface area contributed by atoms with Crippen LogP contribution in [-0.2, 0) is 4.79 Å². The summed E-state index contributed by atoms with van der Waals surface area (Å²) in [6.07, 6.45) is 7.56. The summed E-state index contributed by atoms with van der Waals surface area (Å²) in [5.74, 6) is 1.96. The van der Waals surface area contributed by atoms with E-state index in [0.717, 1.165) is 38.5 Å². The molecule has 0 aliphatic heterocycles. The van der Waals surface area contributed by atoms with Gasteiger partial charge in [0.25, 0.3) is 0 Å². The number of hydrogen-bond donors (Lipinski definition) is 2. The maximum absolute atomic E-state index is 11.8. The Morgan fingerprint density at radius 3 is 2.64 bits per heavy atom. The molecule has 4 rings (SSSR count). The molecule has 3 nitrogen and oxygen atoms in total. The van der Waals surface area contributed by atoms with Crippen LogP contribution in [0, 0.1) is 28.6 Å². The molecule has 0 bridgehead atoms. The Balaban J connectivity index is 1.69. The molecule has 0 aromatic rings. The highest BCUT2D eigenvalue weighted by Crippen LogP contribution is 2.65. The second kappa shape index (κ2) is 4.67. The predicted molar refractivity (Wildman–Crippen MR) is 84.1 cm³/mol. The average molecular weight is 304 g/mol. The molecule has 122 valence electrons. The normalized spacial score (nSPS) is 54.3. The molecular formula is C19H28O3. The number of carbonyl (C=O) groups is 1. The molecule has 0 aromatic carbocycles. The van der Waals surface area contributed by atoms with Gasteiger partial charge >= 0.3 is 0 Å². The first kappa shape index (κ1) is 14.9. The number of hydrogen-bond acceptors (Lipinski definition) is 3. The van der Waals surface area contributed by atoms with Crippen LogP contribution in [0.1, 0.15) is 58.8 Å². The zero-order valence-corrected chi connectivity index (χ0v) is 13.7. The van der Waals surface area contributed by atoms with Gasteiger partial charge in [-0.05, 0) is 73.2 Å². The van der Waals surface area contributed by atoms with E-state index in [4.69, 9.17) is 0 Å². The third-order valence-electron chi connectivity index (χ3n) is 7.94. The quantitative estimate of drug-likeness (QED) is 0.723. The molecule has 3 heteroatoms. The molecule has 4 aliphatic rings. The van der Waals surface area contributed by atoms with E-state index in [1.165, 1.54) is 5.57 Å². The minimum atomic E-state index is -0.559. The van der Waals surface area contributed by atoms with Gasteiger partial charge < -0.3 is 10.2 Å². The van der Waals surface area contributed by atoms with Gasteiger partial charge in [-0.1, -0.05) is 19.4 Å². The van der Waals surface area contributed by atoms with Crippen LogP contribution in [0.3, 0.4) is 0 Å². The van der Waals surface area contributed by atoms with Gasteiger partial charge in [0.15, 0.2) is 5.78 Å². The van der Waals surface area contributed by atoms with Gasteiger partial charge in [0.1, 0.15) is 0 Å². The maximum atomic E-state index is 11.8. The van der Waals surface area contributed by atoms with Gasteiger partial charge in [-0.3, -0.25) is 4.79 Å². The molecule has 0 radical (unpaired) electrons. The van der Waals surface area contributed by atoms with Crippen LogP contribution in [0.5, 0.6) is 0 Å². The van der Waals surface area contributed by atoms with E-state index in [0.29, 0.717) is 30.0 Å². The Bertz CT molecular complexity index is 539. The van der Waals surface area contributed by atoms with Crippen molar-refractivity contribution in [1.29, 1.82) is 0 Å². The molecule has 0 aromatic heterocycles. The van der Waals surface area contributed by atoms with Crippen molar-refractivity contribution in [2.45, 2.75) is 71.0 Å². The summed E-state index contributed by atoms with van der Waals surface area (Å²) < 4.78 is 0. The lowest BCUT2D eigenvalue weighted by Crippen LogP contribution is -2.51. The number of carbonyl (C=O) groups excluding carboxylic acids is 1. The monoisotopic (exact) mass is 304 g/mol. The van der Waals surface area contributed by atoms with Gasteiger partial charge in [0.05, 0.1) is 12.2 Å². The highest BCUT2D eigenvalue weighted by molar-refractivity contribution is 5.91. The van der Waals surface area contributed by atoms with Crippen LogP contribution in [0.25, 0.3) is 0 Å². The van der Waals surface area contributed by atoms with Gasteiger partial charge in [-0.2, -0.15) is 0 Å². The van der Waals surface area contributed by atoms with Crippen molar-refractivity contribution in [1.82, 2.24) is 0 Å². The SMILES string of the molecule is C[C@]12CCC(=O)C=C1CCC1C2CC[C@@]2(C)C1C[C@@H](O)[C@@H]2O. The summed E-state index contributed by atoms with van der Waals surface area (Å²) in [5.41, 5.74) is 1.45. The van der Waals surface area contributed by atoms with Crippen LogP contribution in [0.15, 0.2) is 11.6 Å². The van der Waals surface area contributed by atoms with E-state index in [1.807, 2.05) is 6.08 Å². The van der Waals surface area contributed by atoms with E-state index >= 15 is 0 Å². The number of allylic oxidation sites excluding steroid dienone is 1. The molecule has 3 unspecified atom stereocenters. The Morgan fingerprint density at radius 1 is 1.09 bits per heavy atom. The minimum absolute atomic E-state index is 0.108. The van der Waals surface area contributed by atoms with Crippen molar-refractivity contribution in [2.75, 3.05) is 0 Å². The number of aliphatic hydroxyl groups excluding tert-OH is 2. The first-order valence-electron chi connectivity index (χ1n) is 8.96. The second-order valence-electron chi connectivity index (χ2n) is 8.76. The van der Waals surface area contributed by atoms with Crippen LogP contribution in [0.4, 0.5) is 0 Å². The van der Waals surface area contributed by atoms with Gasteiger partial charge in [0.2, 0.25) is 0 Å². The summed E-state index contributed by atoms with van der Waals surface area (Å²) in [5, 5.41) is 20.7. The topological polar surface area (TPSA) is 57.5 Å². The van der Waals surface area contributed by atoms with Crippen LogP contribution in [0.2, 0.25) is 0 Å². The largest absolute Gasteiger partial charge is 0.390 e. The van der Waals surface area contributed by atoms with Gasteiger partial charge in [-0.25, -0.2) is 0 Å². The Kier molecular flexibility index (Phi) is 3.16. The summed E-state index contributed by atoms with van der Waals surface area (Å²) in [6.45, 7) is 4.55. The zero-order valence-electron chi connectivity index (χ0n) is 13.7. The fourth-order valence-electron chi connectivity index (χ4n) is 6.55. The molecule has 0 saturated heterocycles. The Labute approximate surface area is 132 Å². The molecule has 7 atom stereocenters. The van der Waals surface area contributed by atoms with E-state index in [-0.39, 0.29) is 10.8 Å². The molecule has 3 fully saturated rings. The number of fused-ring (bicyclic) bond motifs is 5. The smallest absolute Gasteiger partial charge is 0.155 e. The fourth-order valence-corrected chi connectivity index (χ4v) is 6.55. The summed E-state index contributed by atoms with van der Waals surface area (Å²) in [4.78, 5) is 11.8. The Hall–Kier alpha value is -0.670. The highest BCUT2D eigenvalue weighted by atomic mass is 16.3. The summed E-state index contributed by atoms with van der Waals surface area (Å²) in [6, 6.07) is 0. The first-order chi connectivity index (χ1) is 10.4. The second-order valence-corrected chi connectivity index (χ2v) is 8.76. The van der Waals surface area contributed by atoms with Crippen molar-refractivity contribution in [2.24, 2.45) is 28.6 Å². The standard InChI is InChI=1S/C19H28O3/c1-18-7-5-12(20)9-11(18)3-4-13-14(18)6-8-19(2)15(13)10-16(21)17(19)22/h9,13-17,21-22H,3-8,10H2,1-2H3/t13?,14?,15?,16-,17+,18+,19+/m1/s1. The molecular weight excluding hydrogens is 276 g/mol. The van der Waals surface area contributed by atoms with Crippen LogP contribution < -0.4 is 0 Å². The molecule has 0 spiro atoms. The van der Waals surface area contributed by atoms with Crippen LogP contribution >= 0.6 is 0 Å². The third kappa shape index (κ3) is 1.78. The molecule has 4 aliphatic carbocycles. The molecule has 2 N–H and O–H groups in total. The van der Waals surface area contributed by atoms with Crippen molar-refractivity contribution < 1.29 is 15.0 Å². The minimum Gasteiger partial charge on any atom is -0.390 e. The van der Waals surface area contributed by atoms with E-state index in [2.05, 4.69) is 13.8 Å². The first-order valence-corrected chi connectivity index (χ1v) is 8.96. The highest BCUT2D eigenvalue weighted by Gasteiger charge is 2.60. The average Bonchev–Trinajstić information content (AvgIpc) is 2.72. The van der Waals surface area contributed by atoms with E-state index in [9.17, 15) is 15.0 Å². The molecule has 22 heavy (non-hydrogen) atoms. The van der Waals surface area contributed by atoms with Crippen molar-refractivity contribution in [3.05, 3.63) is 11.6 Å². The maximum Gasteiger partial charge on any atom is 0.155 e. The van der Waals surface area contributed by atoms with Crippen molar-refractivity contribution in [3.8, 4) is 0 Å². The van der Waals surface area contributed by atoms with E-state index < -0.39 is 12.2 Å². The summed E-state index contributed by atoms with van der Waals surface area (Å²) in [7, 11) is 0. The van der Waals surface area contributed by atoms with Gasteiger partial charge in [0, 0.05) is 6.42 Å². The zero-order chi connectivity index (χ0) is 15.7. The molecule has 3 saturated carbocycles. The van der Waals surface area contributed by atoms with Crippen molar-refractivity contribution >= 4 is 5.78 Å². The van der Waals surface area contributed by atoms with Gasteiger partial charge in [-0.15, -0.1) is 0 Å². The lowest BCUT2D eigenvalue weighted by molar-refractivity contribution is -0.118. The molecule has 0 amide bonds. The van der Waals surface area contributed by atoms with Crippen molar-refractivity contribution in [3.63, 3.8) is 0 Å². The van der Waals surface area contributed by atoms with E-state index in [1.54, 1.807) is 0 Å². The number of rotatable bonds is 0. The summed E-state index contributed by atoms with van der Waals surface area (Å²) >= 11 is 0. The lowest BCUT2D eigenvalue weighted by atomic mass is 9.47. The Morgan fingerprint density at radius 2 is 1.86 bits per heavy atom. The third-order valence-corrected chi connectivity index (χ3v) is 7.94. The number of ketones is 1.